The van der Waals surface area contributed by atoms with E-state index in [4.69, 9.17) is 4.74 Å². The van der Waals surface area contributed by atoms with Gasteiger partial charge in [0, 0.05) is 45.3 Å². The number of hydrogen-bond donors (Lipinski definition) is 1. The van der Waals surface area contributed by atoms with Crippen molar-refractivity contribution >= 4 is 24.4 Å². The van der Waals surface area contributed by atoms with Crippen LogP contribution < -0.4 is 5.43 Å². The predicted octanol–water partition coefficient (Wildman–Crippen LogP) is 0.498. The molecule has 0 radical (unpaired) electrons. The Labute approximate surface area is 137 Å². The van der Waals surface area contributed by atoms with Crippen LogP contribution in [0.5, 0.6) is 0 Å². The summed E-state index contributed by atoms with van der Waals surface area (Å²) in [4.78, 5) is 26.1. The lowest BCUT2D eigenvalue weighted by Gasteiger charge is -2.36. The highest BCUT2D eigenvalue weighted by atomic mass is 35.5. The summed E-state index contributed by atoms with van der Waals surface area (Å²) in [7, 11) is 0. The Balaban J connectivity index is 0.00000242. The van der Waals surface area contributed by atoms with Crippen LogP contribution in [-0.4, -0.2) is 79.4 Å². The van der Waals surface area contributed by atoms with Crippen molar-refractivity contribution in [1.82, 2.24) is 20.2 Å². The number of piperidine rings is 1. The largest absolute Gasteiger partial charge is 0.361 e. The highest BCUT2D eigenvalue weighted by molar-refractivity contribution is 5.85. The second-order valence-corrected chi connectivity index (χ2v) is 5.39. The minimum atomic E-state index is 0. The summed E-state index contributed by atoms with van der Waals surface area (Å²) in [5, 5.41) is 2.02. The van der Waals surface area contributed by atoms with Gasteiger partial charge in [0.1, 0.15) is 5.94 Å². The molecule has 0 unspecified atom stereocenters. The first-order valence-electron chi connectivity index (χ1n) is 7.59. The third kappa shape index (κ3) is 6.34. The fourth-order valence-electron chi connectivity index (χ4n) is 2.57. The topological polar surface area (TPSA) is 65.1 Å². The van der Waals surface area contributed by atoms with E-state index in [0.717, 1.165) is 39.0 Å². The van der Waals surface area contributed by atoms with Gasteiger partial charge in [0.2, 0.25) is 0 Å². The molecule has 0 aromatic heterocycles. The summed E-state index contributed by atoms with van der Waals surface area (Å²) in [6.45, 7) is 5.65. The summed E-state index contributed by atoms with van der Waals surface area (Å²) >= 11 is 0. The van der Waals surface area contributed by atoms with Gasteiger partial charge in [-0.3, -0.25) is 10.3 Å². The number of amides is 2. The number of carbonyl (C=O) groups is 1. The summed E-state index contributed by atoms with van der Waals surface area (Å²) in [5.74, 6) is 1.68. The SMILES string of the molecule is Cl.O=C=CCOCN1CCN(C(=O)NN2CCCCC2)CC1. The standard InChI is InChI=1S/C14H24N4O3.ClH/c19-11-4-12-21-13-16-7-9-17(10-8-16)14(20)15-18-5-2-1-3-6-18;/h4H,1-3,5-10,12-13H2,(H,15,20);1H. The van der Waals surface area contributed by atoms with Gasteiger partial charge in [0.15, 0.2) is 0 Å². The minimum Gasteiger partial charge on any atom is -0.361 e. The van der Waals surface area contributed by atoms with E-state index in [9.17, 15) is 9.59 Å². The van der Waals surface area contributed by atoms with Crippen LogP contribution in [-0.2, 0) is 9.53 Å². The predicted molar refractivity (Wildman–Crippen MR) is 85.4 cm³/mol. The highest BCUT2D eigenvalue weighted by Crippen LogP contribution is 2.07. The van der Waals surface area contributed by atoms with Crippen LogP contribution in [0.25, 0.3) is 0 Å². The summed E-state index contributed by atoms with van der Waals surface area (Å²) in [5.41, 5.74) is 2.99. The van der Waals surface area contributed by atoms with Gasteiger partial charge in [-0.1, -0.05) is 6.42 Å². The van der Waals surface area contributed by atoms with Crippen molar-refractivity contribution in [1.29, 1.82) is 0 Å². The van der Waals surface area contributed by atoms with E-state index in [-0.39, 0.29) is 18.4 Å². The molecular formula is C14H25ClN4O3. The normalized spacial score (nSPS) is 19.9. The van der Waals surface area contributed by atoms with Gasteiger partial charge < -0.3 is 9.64 Å². The molecule has 2 fully saturated rings. The van der Waals surface area contributed by atoms with Crippen molar-refractivity contribution in [3.63, 3.8) is 0 Å². The van der Waals surface area contributed by atoms with E-state index < -0.39 is 0 Å². The molecule has 1 N–H and O–H groups in total. The van der Waals surface area contributed by atoms with Gasteiger partial charge in [-0.25, -0.2) is 14.6 Å². The zero-order valence-electron chi connectivity index (χ0n) is 12.8. The fourth-order valence-corrected chi connectivity index (χ4v) is 2.57. The zero-order valence-corrected chi connectivity index (χ0v) is 13.6. The second-order valence-electron chi connectivity index (χ2n) is 5.39. The van der Waals surface area contributed by atoms with Crippen molar-refractivity contribution < 1.29 is 14.3 Å². The Morgan fingerprint density at radius 1 is 1.09 bits per heavy atom. The average molecular weight is 333 g/mol. The molecule has 0 saturated carbocycles. The van der Waals surface area contributed by atoms with Gasteiger partial charge in [0.05, 0.1) is 13.3 Å². The third-order valence-electron chi connectivity index (χ3n) is 3.83. The maximum atomic E-state index is 12.1. The van der Waals surface area contributed by atoms with Crippen LogP contribution in [0, 0.1) is 0 Å². The lowest BCUT2D eigenvalue weighted by atomic mass is 10.2. The van der Waals surface area contributed by atoms with Crippen LogP contribution in [0.3, 0.4) is 0 Å². The minimum absolute atomic E-state index is 0. The Hall–Kier alpha value is -1.11. The van der Waals surface area contributed by atoms with Crippen LogP contribution in [0.2, 0.25) is 0 Å². The molecule has 0 aromatic rings. The van der Waals surface area contributed by atoms with E-state index in [2.05, 4.69) is 10.3 Å². The molecule has 0 bridgehead atoms. The van der Waals surface area contributed by atoms with Gasteiger partial charge in [0.25, 0.3) is 0 Å². The first kappa shape index (κ1) is 18.9. The highest BCUT2D eigenvalue weighted by Gasteiger charge is 2.22. The molecule has 2 rings (SSSR count). The Morgan fingerprint density at radius 2 is 1.77 bits per heavy atom. The van der Waals surface area contributed by atoms with Crippen LogP contribution in [0.4, 0.5) is 4.79 Å². The molecule has 126 valence electrons. The Kier molecular flexibility index (Phi) is 9.11. The number of rotatable bonds is 5. The lowest BCUT2D eigenvalue weighted by molar-refractivity contribution is 0.0177. The van der Waals surface area contributed by atoms with Crippen molar-refractivity contribution in [2.45, 2.75) is 19.3 Å². The number of carbonyl (C=O) groups excluding carboxylic acids is 2. The number of ether oxygens (including phenoxy) is 1. The molecule has 7 nitrogen and oxygen atoms in total. The third-order valence-corrected chi connectivity index (χ3v) is 3.83. The number of urea groups is 1. The average Bonchev–Trinajstić information content (AvgIpc) is 2.53. The molecule has 2 heterocycles. The first-order chi connectivity index (χ1) is 10.3. The quantitative estimate of drug-likeness (QED) is 0.586. The molecule has 22 heavy (non-hydrogen) atoms. The van der Waals surface area contributed by atoms with Gasteiger partial charge >= 0.3 is 6.03 Å². The zero-order chi connectivity index (χ0) is 14.9. The van der Waals surface area contributed by atoms with Crippen LogP contribution in [0.1, 0.15) is 19.3 Å². The number of piperazine rings is 1. The molecule has 2 saturated heterocycles. The molecule has 8 heteroatoms. The second kappa shape index (κ2) is 10.6. The summed E-state index contributed by atoms with van der Waals surface area (Å²) < 4.78 is 5.31. The van der Waals surface area contributed by atoms with E-state index in [1.54, 1.807) is 5.94 Å². The number of hydrogen-bond acceptors (Lipinski definition) is 5. The van der Waals surface area contributed by atoms with E-state index in [1.165, 1.54) is 12.5 Å². The van der Waals surface area contributed by atoms with Gasteiger partial charge in [-0.05, 0) is 12.8 Å². The summed E-state index contributed by atoms with van der Waals surface area (Å²) in [6.07, 6.45) is 4.88. The molecule has 2 amide bonds. The number of halogens is 1. The van der Waals surface area contributed by atoms with Crippen molar-refractivity contribution in [3.8, 4) is 0 Å². The number of hydrazine groups is 1. The van der Waals surface area contributed by atoms with Crippen LogP contribution in [0.15, 0.2) is 6.08 Å². The van der Waals surface area contributed by atoms with E-state index >= 15 is 0 Å². The monoisotopic (exact) mass is 332 g/mol. The van der Waals surface area contributed by atoms with Crippen molar-refractivity contribution in [2.75, 3.05) is 52.6 Å². The Morgan fingerprint density at radius 3 is 2.41 bits per heavy atom. The van der Waals surface area contributed by atoms with Crippen molar-refractivity contribution in [2.24, 2.45) is 0 Å². The van der Waals surface area contributed by atoms with Gasteiger partial charge in [-0.15, -0.1) is 12.4 Å². The maximum Gasteiger partial charge on any atom is 0.332 e. The van der Waals surface area contributed by atoms with Gasteiger partial charge in [-0.2, -0.15) is 0 Å². The summed E-state index contributed by atoms with van der Waals surface area (Å²) in [6, 6.07) is 0.00126. The molecule has 0 spiro atoms. The van der Waals surface area contributed by atoms with E-state index in [0.29, 0.717) is 26.4 Å². The van der Waals surface area contributed by atoms with Crippen LogP contribution >= 0.6 is 12.4 Å². The molecule has 2 aliphatic rings. The number of nitrogens with one attached hydrogen (secondary N) is 1. The fraction of sp³-hybridized carbons (Fsp3) is 0.786. The lowest BCUT2D eigenvalue weighted by Crippen LogP contribution is -2.56. The molecule has 2 aliphatic heterocycles. The smallest absolute Gasteiger partial charge is 0.332 e. The Bertz CT molecular complexity index is 376. The first-order valence-corrected chi connectivity index (χ1v) is 7.59. The number of nitrogens with zero attached hydrogens (tertiary/aromatic N) is 3. The molecular weight excluding hydrogens is 308 g/mol. The maximum absolute atomic E-state index is 12.1. The van der Waals surface area contributed by atoms with Crippen molar-refractivity contribution in [3.05, 3.63) is 6.08 Å². The molecule has 0 atom stereocenters. The molecule has 0 aliphatic carbocycles. The van der Waals surface area contributed by atoms with E-state index in [1.807, 2.05) is 9.91 Å². The molecule has 0 aromatic carbocycles.